The number of carbonyl (C=O) groups is 2. The van der Waals surface area contributed by atoms with Crippen molar-refractivity contribution in [3.05, 3.63) is 96.3 Å². The van der Waals surface area contributed by atoms with Gasteiger partial charge in [0.25, 0.3) is 0 Å². The van der Waals surface area contributed by atoms with Crippen molar-refractivity contribution >= 4 is 23.3 Å². The first-order chi connectivity index (χ1) is 15.7. The number of rotatable bonds is 7. The molecule has 2 atom stereocenters. The number of nitrogens with one attached hydrogen (secondary N) is 1. The van der Waals surface area contributed by atoms with Gasteiger partial charge in [0.2, 0.25) is 5.91 Å². The lowest BCUT2D eigenvalue weighted by molar-refractivity contribution is -0.135. The van der Waals surface area contributed by atoms with Gasteiger partial charge in [-0.15, -0.1) is 0 Å². The fraction of sp³-hybridized carbons (Fsp3) is 0.200. The maximum Gasteiger partial charge on any atom is 0.354 e. The number of carbonyl (C=O) groups excluding carboxylic acids is 2. The van der Waals surface area contributed by atoms with Crippen molar-refractivity contribution in [2.75, 3.05) is 11.6 Å². The number of aromatic nitrogens is 1. The van der Waals surface area contributed by atoms with Crippen LogP contribution in [-0.2, 0) is 14.3 Å². The Balaban J connectivity index is 1.63. The first kappa shape index (κ1) is 21.2. The number of esters is 1. The zero-order valence-corrected chi connectivity index (χ0v) is 17.7. The molecule has 4 rings (SSSR count). The molecule has 1 amide bonds. The zero-order chi connectivity index (χ0) is 22.3. The zero-order valence-electron chi connectivity index (χ0n) is 17.7. The van der Waals surface area contributed by atoms with Crippen LogP contribution in [0, 0.1) is 0 Å². The van der Waals surface area contributed by atoms with E-state index in [-0.39, 0.29) is 30.7 Å². The van der Waals surface area contributed by atoms with Crippen LogP contribution in [0.5, 0.6) is 0 Å². The SMILES string of the molecule is CCOC(=O)C1=NN(c2ccccc2)C(C(=O)NC(c2ccccc2)c2ccncc2)C1. The summed E-state index contributed by atoms with van der Waals surface area (Å²) in [7, 11) is 0. The van der Waals surface area contributed by atoms with E-state index in [1.807, 2.05) is 72.8 Å². The molecular weight excluding hydrogens is 404 g/mol. The van der Waals surface area contributed by atoms with Gasteiger partial charge in [-0.2, -0.15) is 5.10 Å². The minimum Gasteiger partial charge on any atom is -0.461 e. The minimum absolute atomic E-state index is 0.164. The number of pyridine rings is 1. The highest BCUT2D eigenvalue weighted by Crippen LogP contribution is 2.27. The summed E-state index contributed by atoms with van der Waals surface area (Å²) in [6, 6.07) is 21.8. The Labute approximate surface area is 186 Å². The van der Waals surface area contributed by atoms with Gasteiger partial charge in [-0.3, -0.25) is 14.8 Å². The van der Waals surface area contributed by atoms with Gasteiger partial charge < -0.3 is 10.1 Å². The largest absolute Gasteiger partial charge is 0.461 e. The number of amides is 1. The summed E-state index contributed by atoms with van der Waals surface area (Å²) >= 11 is 0. The molecule has 32 heavy (non-hydrogen) atoms. The van der Waals surface area contributed by atoms with E-state index in [1.165, 1.54) is 0 Å². The van der Waals surface area contributed by atoms with E-state index in [0.29, 0.717) is 0 Å². The van der Waals surface area contributed by atoms with Crippen molar-refractivity contribution in [3.63, 3.8) is 0 Å². The van der Waals surface area contributed by atoms with Crippen LogP contribution in [-0.4, -0.2) is 35.2 Å². The van der Waals surface area contributed by atoms with E-state index in [4.69, 9.17) is 4.74 Å². The highest BCUT2D eigenvalue weighted by atomic mass is 16.5. The van der Waals surface area contributed by atoms with Crippen molar-refractivity contribution in [1.29, 1.82) is 0 Å². The van der Waals surface area contributed by atoms with Gasteiger partial charge in [-0.1, -0.05) is 48.5 Å². The first-order valence-corrected chi connectivity index (χ1v) is 10.5. The molecular formula is C25H24N4O3. The van der Waals surface area contributed by atoms with Crippen LogP contribution in [0.1, 0.15) is 30.5 Å². The molecule has 7 nitrogen and oxygen atoms in total. The third kappa shape index (κ3) is 4.67. The van der Waals surface area contributed by atoms with Crippen molar-refractivity contribution in [3.8, 4) is 0 Å². The molecule has 0 radical (unpaired) electrons. The first-order valence-electron chi connectivity index (χ1n) is 10.5. The van der Waals surface area contributed by atoms with Crippen molar-refractivity contribution in [1.82, 2.24) is 10.3 Å². The third-order valence-electron chi connectivity index (χ3n) is 5.20. The average Bonchev–Trinajstić information content (AvgIpc) is 3.30. The van der Waals surface area contributed by atoms with Gasteiger partial charge in [0.15, 0.2) is 0 Å². The molecule has 1 aromatic heterocycles. The van der Waals surface area contributed by atoms with Crippen LogP contribution in [0.15, 0.2) is 90.3 Å². The predicted molar refractivity (Wildman–Crippen MR) is 122 cm³/mol. The quantitative estimate of drug-likeness (QED) is 0.583. The summed E-state index contributed by atoms with van der Waals surface area (Å²) in [5.74, 6) is -0.736. The number of hydrogen-bond donors (Lipinski definition) is 1. The van der Waals surface area contributed by atoms with E-state index in [2.05, 4.69) is 15.4 Å². The second-order valence-electron chi connectivity index (χ2n) is 7.30. The summed E-state index contributed by atoms with van der Waals surface area (Å²) in [4.78, 5) is 29.9. The minimum atomic E-state index is -0.676. The molecule has 1 N–H and O–H groups in total. The summed E-state index contributed by atoms with van der Waals surface area (Å²) in [5.41, 5.74) is 2.82. The molecule has 3 aromatic rings. The lowest BCUT2D eigenvalue weighted by atomic mass is 9.98. The van der Waals surface area contributed by atoms with Crippen LogP contribution in [0.3, 0.4) is 0 Å². The molecule has 0 saturated carbocycles. The molecule has 1 aliphatic rings. The van der Waals surface area contributed by atoms with E-state index in [1.54, 1.807) is 24.3 Å². The average molecular weight is 428 g/mol. The molecule has 0 saturated heterocycles. The smallest absolute Gasteiger partial charge is 0.354 e. The Morgan fingerprint density at radius 3 is 2.28 bits per heavy atom. The van der Waals surface area contributed by atoms with Gasteiger partial charge in [0.05, 0.1) is 18.3 Å². The van der Waals surface area contributed by atoms with E-state index in [9.17, 15) is 9.59 Å². The standard InChI is InChI=1S/C25H24N4O3/c1-2-32-25(31)21-17-22(29(28-21)20-11-7-4-8-12-20)24(30)27-23(18-9-5-3-6-10-18)19-13-15-26-16-14-19/h3-16,22-23H,2,17H2,1H3,(H,27,30). The fourth-order valence-electron chi connectivity index (χ4n) is 3.67. The lowest BCUT2D eigenvalue weighted by Crippen LogP contribution is -2.44. The molecule has 2 aromatic carbocycles. The Hall–Kier alpha value is -4.00. The molecule has 0 bridgehead atoms. The van der Waals surface area contributed by atoms with Crippen molar-refractivity contribution in [2.45, 2.75) is 25.4 Å². The molecule has 2 unspecified atom stereocenters. The monoisotopic (exact) mass is 428 g/mol. The Morgan fingerprint density at radius 1 is 1.00 bits per heavy atom. The second kappa shape index (κ2) is 9.87. The maximum atomic E-state index is 13.5. The van der Waals surface area contributed by atoms with Crippen LogP contribution < -0.4 is 10.3 Å². The van der Waals surface area contributed by atoms with Crippen LogP contribution in [0.4, 0.5) is 5.69 Å². The van der Waals surface area contributed by atoms with Gasteiger partial charge >= 0.3 is 5.97 Å². The molecule has 162 valence electrons. The van der Waals surface area contributed by atoms with Crippen LogP contribution in [0.2, 0.25) is 0 Å². The van der Waals surface area contributed by atoms with Gasteiger partial charge in [-0.05, 0) is 42.3 Å². The van der Waals surface area contributed by atoms with Gasteiger partial charge in [0, 0.05) is 18.8 Å². The molecule has 7 heteroatoms. The van der Waals surface area contributed by atoms with Gasteiger partial charge in [0.1, 0.15) is 11.8 Å². The topological polar surface area (TPSA) is 83.9 Å². The van der Waals surface area contributed by atoms with E-state index < -0.39 is 12.0 Å². The number of hydrogen-bond acceptors (Lipinski definition) is 6. The predicted octanol–water partition coefficient (Wildman–Crippen LogP) is 3.49. The summed E-state index contributed by atoms with van der Waals surface area (Å²) in [6.07, 6.45) is 3.56. The number of nitrogens with zero attached hydrogens (tertiary/aromatic N) is 3. The Bertz CT molecular complexity index is 1050. The maximum absolute atomic E-state index is 13.5. The number of anilines is 1. The number of hydrazone groups is 1. The summed E-state index contributed by atoms with van der Waals surface area (Å²) in [5, 5.41) is 9.18. The molecule has 0 aliphatic carbocycles. The van der Waals surface area contributed by atoms with Crippen LogP contribution in [0.25, 0.3) is 0 Å². The number of benzene rings is 2. The molecule has 0 spiro atoms. The second-order valence-corrected chi connectivity index (χ2v) is 7.30. The Kier molecular flexibility index (Phi) is 6.55. The molecule has 1 aliphatic heterocycles. The lowest BCUT2D eigenvalue weighted by Gasteiger charge is -2.26. The number of para-hydroxylation sites is 1. The van der Waals surface area contributed by atoms with E-state index >= 15 is 0 Å². The summed E-state index contributed by atoms with van der Waals surface area (Å²) < 4.78 is 5.12. The third-order valence-corrected chi connectivity index (χ3v) is 5.20. The van der Waals surface area contributed by atoms with Crippen molar-refractivity contribution < 1.29 is 14.3 Å². The fourth-order valence-corrected chi connectivity index (χ4v) is 3.67. The molecule has 2 heterocycles. The van der Waals surface area contributed by atoms with Crippen molar-refractivity contribution in [2.24, 2.45) is 5.10 Å². The molecule has 0 fully saturated rings. The highest BCUT2D eigenvalue weighted by molar-refractivity contribution is 6.38. The highest BCUT2D eigenvalue weighted by Gasteiger charge is 2.37. The van der Waals surface area contributed by atoms with Crippen LogP contribution >= 0.6 is 0 Å². The number of ether oxygens (including phenoxy) is 1. The van der Waals surface area contributed by atoms with Gasteiger partial charge in [-0.25, -0.2) is 4.79 Å². The normalized spacial score (nSPS) is 16.2. The Morgan fingerprint density at radius 2 is 1.62 bits per heavy atom. The summed E-state index contributed by atoms with van der Waals surface area (Å²) in [6.45, 7) is 1.99. The van der Waals surface area contributed by atoms with E-state index in [0.717, 1.165) is 16.8 Å².